The van der Waals surface area contributed by atoms with Crippen LogP contribution in [0.25, 0.3) is 0 Å². The Balaban J connectivity index is 0.00000169. The van der Waals surface area contributed by atoms with E-state index in [4.69, 9.17) is 0 Å². The van der Waals surface area contributed by atoms with Crippen molar-refractivity contribution in [2.75, 3.05) is 27.7 Å². The Morgan fingerprint density at radius 1 is 1.43 bits per heavy atom. The molecule has 1 radical (unpaired) electrons. The van der Waals surface area contributed by atoms with Crippen LogP contribution < -0.4 is 5.32 Å². The van der Waals surface area contributed by atoms with Gasteiger partial charge in [0.15, 0.2) is 5.54 Å². The molecule has 0 aromatic heterocycles. The minimum Gasteiger partial charge on any atom is -0.354 e. The number of nitrogens with one attached hydrogen (secondary N) is 1. The van der Waals surface area contributed by atoms with Gasteiger partial charge in [0.25, 0.3) is 5.91 Å². The number of likely N-dealkylation sites (N-methyl/N-ethyl adjacent to an activating group) is 2. The van der Waals surface area contributed by atoms with Crippen molar-refractivity contribution >= 4 is 5.91 Å². The maximum absolute atomic E-state index is 11.8. The summed E-state index contributed by atoms with van der Waals surface area (Å²) in [5.74, 6) is 0.214. The molecule has 1 fully saturated rings. The molecule has 4 heteroatoms. The van der Waals surface area contributed by atoms with Gasteiger partial charge in [-0.3, -0.25) is 4.79 Å². The van der Waals surface area contributed by atoms with Gasteiger partial charge in [-0.15, -0.1) is 0 Å². The van der Waals surface area contributed by atoms with Crippen molar-refractivity contribution < 1.29 is 42.0 Å². The molecule has 0 spiro atoms. The summed E-state index contributed by atoms with van der Waals surface area (Å²) in [6, 6.07) is 0. The van der Waals surface area contributed by atoms with Crippen LogP contribution in [0.4, 0.5) is 0 Å². The molecule has 0 aromatic rings. The molecule has 0 bridgehead atoms. The first kappa shape index (κ1) is 14.5. The molecule has 0 heterocycles. The molecule has 1 aliphatic rings. The Labute approximate surface area is 112 Å². The maximum Gasteiger partial charge on any atom is 0.281 e. The number of carbonyl (C=O) groups is 1. The fraction of sp³-hybridized carbons (Fsp3) is 0.900. The maximum atomic E-state index is 11.8. The van der Waals surface area contributed by atoms with E-state index in [-0.39, 0.29) is 44.2 Å². The smallest absolute Gasteiger partial charge is 0.281 e. The van der Waals surface area contributed by atoms with Gasteiger partial charge < -0.3 is 9.80 Å². The van der Waals surface area contributed by atoms with Gasteiger partial charge >= 0.3 is 0 Å². The normalized spacial score (nSPS) is 19.1. The van der Waals surface area contributed by atoms with Crippen LogP contribution in [-0.2, 0) is 37.5 Å². The van der Waals surface area contributed by atoms with Crippen LogP contribution >= 0.6 is 0 Å². The first-order valence-corrected chi connectivity index (χ1v) is 5.05. The van der Waals surface area contributed by atoms with Crippen molar-refractivity contribution in [3.8, 4) is 0 Å². The number of nitrogens with zero attached hydrogens (tertiary/aromatic N) is 1. The van der Waals surface area contributed by atoms with E-state index in [1.807, 2.05) is 0 Å². The minimum absolute atomic E-state index is 0. The standard InChI is InChI=1S/C10H20N2O.Y/c1-5-12(3,4)10(7-6-8-10)9(13)11-2;/h5-8H2,1-4H3;/p+1. The third kappa shape index (κ3) is 2.05. The zero-order valence-electron chi connectivity index (χ0n) is 9.76. The van der Waals surface area contributed by atoms with Crippen LogP contribution in [0, 0.1) is 0 Å². The fourth-order valence-corrected chi connectivity index (χ4v) is 2.15. The van der Waals surface area contributed by atoms with Gasteiger partial charge in [0.1, 0.15) is 0 Å². The second-order valence-corrected chi connectivity index (χ2v) is 4.47. The van der Waals surface area contributed by atoms with E-state index in [1.54, 1.807) is 7.05 Å². The minimum atomic E-state index is -0.135. The van der Waals surface area contributed by atoms with E-state index in [9.17, 15) is 4.79 Å². The van der Waals surface area contributed by atoms with E-state index in [0.29, 0.717) is 0 Å². The van der Waals surface area contributed by atoms with Crippen LogP contribution in [0.2, 0.25) is 0 Å². The average molecular weight is 274 g/mol. The predicted octanol–water partition coefficient (Wildman–Crippen LogP) is 0.749. The summed E-state index contributed by atoms with van der Waals surface area (Å²) in [5, 5.41) is 2.79. The largest absolute Gasteiger partial charge is 0.354 e. The van der Waals surface area contributed by atoms with Crippen LogP contribution in [0.3, 0.4) is 0 Å². The summed E-state index contributed by atoms with van der Waals surface area (Å²) in [7, 11) is 6.03. The zero-order valence-corrected chi connectivity index (χ0v) is 12.6. The van der Waals surface area contributed by atoms with E-state index >= 15 is 0 Å². The van der Waals surface area contributed by atoms with E-state index in [2.05, 4.69) is 26.3 Å². The van der Waals surface area contributed by atoms with Crippen molar-refractivity contribution in [3.63, 3.8) is 0 Å². The summed E-state index contributed by atoms with van der Waals surface area (Å²) < 4.78 is 0.812. The Morgan fingerprint density at radius 3 is 2.14 bits per heavy atom. The van der Waals surface area contributed by atoms with E-state index in [0.717, 1.165) is 23.9 Å². The van der Waals surface area contributed by atoms with Gasteiger partial charge in [-0.1, -0.05) is 0 Å². The first-order valence-electron chi connectivity index (χ1n) is 5.05. The second kappa shape index (κ2) is 5.04. The summed E-state index contributed by atoms with van der Waals surface area (Å²) in [5.41, 5.74) is -0.135. The van der Waals surface area contributed by atoms with Gasteiger partial charge in [0, 0.05) is 52.6 Å². The van der Waals surface area contributed by atoms with Crippen LogP contribution in [0.5, 0.6) is 0 Å². The number of amides is 1. The van der Waals surface area contributed by atoms with Crippen molar-refractivity contribution in [1.29, 1.82) is 0 Å². The third-order valence-corrected chi connectivity index (χ3v) is 3.78. The number of hydrogen-bond acceptors (Lipinski definition) is 1. The molecule has 0 atom stereocenters. The molecule has 14 heavy (non-hydrogen) atoms. The first-order chi connectivity index (χ1) is 6.00. The Kier molecular flexibility index (Phi) is 5.23. The van der Waals surface area contributed by atoms with Crippen molar-refractivity contribution in [2.24, 2.45) is 0 Å². The fourth-order valence-electron chi connectivity index (χ4n) is 2.15. The molecule has 0 aromatic carbocycles. The molecule has 1 rings (SSSR count). The number of hydrogen-bond donors (Lipinski definition) is 1. The molecule has 79 valence electrons. The van der Waals surface area contributed by atoms with Gasteiger partial charge in [-0.25, -0.2) is 0 Å². The summed E-state index contributed by atoms with van der Waals surface area (Å²) >= 11 is 0. The van der Waals surface area contributed by atoms with Crippen molar-refractivity contribution in [2.45, 2.75) is 31.7 Å². The number of carbonyl (C=O) groups excluding carboxylic acids is 1. The SMILES string of the molecule is CC[N+](C)(C)C1(C(=O)NC)CCC1.[Y]. The molecule has 0 unspecified atom stereocenters. The van der Waals surface area contributed by atoms with Gasteiger partial charge in [-0.2, -0.15) is 0 Å². The van der Waals surface area contributed by atoms with Gasteiger partial charge in [-0.05, 0) is 13.3 Å². The van der Waals surface area contributed by atoms with Crippen LogP contribution in [-0.4, -0.2) is 43.6 Å². The van der Waals surface area contributed by atoms with Crippen molar-refractivity contribution in [3.05, 3.63) is 0 Å². The molecular weight excluding hydrogens is 253 g/mol. The summed E-state index contributed by atoms with van der Waals surface area (Å²) in [6.07, 6.45) is 3.26. The number of quaternary nitrogens is 1. The van der Waals surface area contributed by atoms with Crippen LogP contribution in [0.15, 0.2) is 0 Å². The Bertz CT molecular complexity index is 212. The molecule has 3 nitrogen and oxygen atoms in total. The molecular formula is C10H21N2OY+. The zero-order chi connectivity index (χ0) is 10.1. The summed E-state index contributed by atoms with van der Waals surface area (Å²) in [4.78, 5) is 11.8. The van der Waals surface area contributed by atoms with Crippen LogP contribution in [0.1, 0.15) is 26.2 Å². The molecule has 0 saturated heterocycles. The Morgan fingerprint density at radius 2 is 1.93 bits per heavy atom. The third-order valence-electron chi connectivity index (χ3n) is 3.78. The monoisotopic (exact) mass is 274 g/mol. The molecule has 0 aliphatic heterocycles. The quantitative estimate of drug-likeness (QED) is 0.756. The van der Waals surface area contributed by atoms with E-state index in [1.165, 1.54) is 6.42 Å². The van der Waals surface area contributed by atoms with E-state index < -0.39 is 0 Å². The molecule has 1 saturated carbocycles. The number of rotatable bonds is 3. The molecule has 1 aliphatic carbocycles. The molecule has 1 amide bonds. The summed E-state index contributed by atoms with van der Waals surface area (Å²) in [6.45, 7) is 3.15. The van der Waals surface area contributed by atoms with Gasteiger partial charge in [0.05, 0.1) is 20.6 Å². The second-order valence-electron chi connectivity index (χ2n) is 4.47. The Hall–Kier alpha value is 0.534. The topological polar surface area (TPSA) is 29.1 Å². The molecule has 1 N–H and O–H groups in total. The van der Waals surface area contributed by atoms with Gasteiger partial charge in [0.2, 0.25) is 0 Å². The van der Waals surface area contributed by atoms with Crippen molar-refractivity contribution in [1.82, 2.24) is 5.32 Å². The average Bonchev–Trinajstić information content (AvgIpc) is 2.01. The predicted molar refractivity (Wildman–Crippen MR) is 53.3 cm³/mol.